The van der Waals surface area contributed by atoms with Crippen LogP contribution in [0.5, 0.6) is 5.75 Å². The van der Waals surface area contributed by atoms with Gasteiger partial charge in [0.1, 0.15) is 11.4 Å². The van der Waals surface area contributed by atoms with Crippen LogP contribution in [0.4, 0.5) is 0 Å². The summed E-state index contributed by atoms with van der Waals surface area (Å²) in [5, 5.41) is 15.7. The summed E-state index contributed by atoms with van der Waals surface area (Å²) in [4.78, 5) is 0.983. The van der Waals surface area contributed by atoms with Gasteiger partial charge in [-0.1, -0.05) is 18.2 Å². The smallest absolute Gasteiger partial charge is 0.119 e. The van der Waals surface area contributed by atoms with Crippen LogP contribution in [0, 0.1) is 0 Å². The van der Waals surface area contributed by atoms with E-state index in [0.29, 0.717) is 13.2 Å². The molecular weight excluding hydrogens is 270 g/mol. The van der Waals surface area contributed by atoms with Crippen LogP contribution in [0.25, 0.3) is 0 Å². The number of nitrogens with one attached hydrogen (secondary N) is 1. The second-order valence-electron chi connectivity index (χ2n) is 4.93. The Morgan fingerprint density at radius 1 is 1.25 bits per heavy atom. The number of ether oxygens (including phenoxy) is 1. The lowest BCUT2D eigenvalue weighted by Gasteiger charge is -2.22. The molecule has 1 atom stereocenters. The molecule has 0 radical (unpaired) electrons. The maximum atomic E-state index is 10.4. The predicted octanol–water partition coefficient (Wildman–Crippen LogP) is 3.14. The molecule has 0 aliphatic carbocycles. The van der Waals surface area contributed by atoms with Crippen molar-refractivity contribution in [3.8, 4) is 5.75 Å². The Kier molecular flexibility index (Phi) is 5.17. The predicted molar refractivity (Wildman–Crippen MR) is 83.2 cm³/mol. The zero-order valence-corrected chi connectivity index (χ0v) is 12.7. The van der Waals surface area contributed by atoms with Crippen LogP contribution in [0.3, 0.4) is 0 Å². The monoisotopic (exact) mass is 291 g/mol. The molecule has 3 nitrogen and oxygen atoms in total. The normalized spacial score (nSPS) is 13.9. The van der Waals surface area contributed by atoms with E-state index in [1.807, 2.05) is 55.6 Å². The first-order valence-electron chi connectivity index (χ1n) is 6.80. The molecule has 4 heteroatoms. The molecule has 2 aromatic rings. The van der Waals surface area contributed by atoms with Gasteiger partial charge in [-0.05, 0) is 43.0 Å². The van der Waals surface area contributed by atoms with Crippen molar-refractivity contribution in [2.45, 2.75) is 26.0 Å². The van der Waals surface area contributed by atoms with Crippen LogP contribution in [0.1, 0.15) is 24.3 Å². The molecule has 0 aliphatic rings. The van der Waals surface area contributed by atoms with Gasteiger partial charge in [0.15, 0.2) is 0 Å². The molecule has 2 N–H and O–H groups in total. The lowest BCUT2D eigenvalue weighted by molar-refractivity contribution is 0.0604. The van der Waals surface area contributed by atoms with Gasteiger partial charge >= 0.3 is 0 Å². The van der Waals surface area contributed by atoms with E-state index >= 15 is 0 Å². The van der Waals surface area contributed by atoms with Crippen molar-refractivity contribution < 1.29 is 9.84 Å². The van der Waals surface area contributed by atoms with Crippen molar-refractivity contribution >= 4 is 11.3 Å². The standard InChI is InChI=1S/C16H21NO2S/c1-3-19-14-8-6-13(7-9-14)11-17-12-16(2,18)15-5-4-10-20-15/h4-10,17-18H,3,11-12H2,1-2H3. The summed E-state index contributed by atoms with van der Waals surface area (Å²) < 4.78 is 5.41. The highest BCUT2D eigenvalue weighted by Gasteiger charge is 2.23. The van der Waals surface area contributed by atoms with Crippen molar-refractivity contribution in [2.24, 2.45) is 0 Å². The van der Waals surface area contributed by atoms with Gasteiger partial charge in [0.2, 0.25) is 0 Å². The second kappa shape index (κ2) is 6.88. The average molecular weight is 291 g/mol. The molecular formula is C16H21NO2S. The van der Waals surface area contributed by atoms with Crippen LogP contribution in [0.15, 0.2) is 41.8 Å². The molecule has 1 aromatic heterocycles. The summed E-state index contributed by atoms with van der Waals surface area (Å²) in [5.41, 5.74) is 0.356. The molecule has 0 fully saturated rings. The molecule has 0 aliphatic heterocycles. The molecule has 1 heterocycles. The summed E-state index contributed by atoms with van der Waals surface area (Å²) in [7, 11) is 0. The van der Waals surface area contributed by atoms with Crippen molar-refractivity contribution in [2.75, 3.05) is 13.2 Å². The van der Waals surface area contributed by atoms with E-state index in [2.05, 4.69) is 5.32 Å². The van der Waals surface area contributed by atoms with Crippen molar-refractivity contribution in [3.63, 3.8) is 0 Å². The van der Waals surface area contributed by atoms with E-state index < -0.39 is 5.60 Å². The van der Waals surface area contributed by atoms with E-state index in [-0.39, 0.29) is 0 Å². The summed E-state index contributed by atoms with van der Waals surface area (Å²) >= 11 is 1.58. The lowest BCUT2D eigenvalue weighted by Crippen LogP contribution is -2.34. The molecule has 0 bridgehead atoms. The van der Waals surface area contributed by atoms with Gasteiger partial charge in [0.25, 0.3) is 0 Å². The zero-order chi connectivity index (χ0) is 14.4. The Morgan fingerprint density at radius 2 is 2.00 bits per heavy atom. The topological polar surface area (TPSA) is 41.5 Å². The second-order valence-corrected chi connectivity index (χ2v) is 5.88. The van der Waals surface area contributed by atoms with E-state index in [1.165, 1.54) is 5.56 Å². The van der Waals surface area contributed by atoms with Gasteiger partial charge in [-0.25, -0.2) is 0 Å². The molecule has 0 saturated carbocycles. The van der Waals surface area contributed by atoms with Crippen LogP contribution >= 0.6 is 11.3 Å². The number of aliphatic hydroxyl groups is 1. The first-order chi connectivity index (χ1) is 9.62. The number of hydrogen-bond acceptors (Lipinski definition) is 4. The molecule has 108 valence electrons. The third-order valence-corrected chi connectivity index (χ3v) is 4.21. The highest BCUT2D eigenvalue weighted by molar-refractivity contribution is 7.10. The number of thiophene rings is 1. The van der Waals surface area contributed by atoms with Gasteiger partial charge in [-0.2, -0.15) is 0 Å². The molecule has 0 amide bonds. The van der Waals surface area contributed by atoms with Crippen LogP contribution in [-0.2, 0) is 12.1 Å². The Morgan fingerprint density at radius 3 is 2.60 bits per heavy atom. The fraction of sp³-hybridized carbons (Fsp3) is 0.375. The maximum Gasteiger partial charge on any atom is 0.119 e. The Labute approximate surface area is 124 Å². The summed E-state index contributed by atoms with van der Waals surface area (Å²) in [6.45, 7) is 5.75. The summed E-state index contributed by atoms with van der Waals surface area (Å²) in [5.74, 6) is 0.891. The van der Waals surface area contributed by atoms with E-state index in [0.717, 1.165) is 17.2 Å². The van der Waals surface area contributed by atoms with Gasteiger partial charge in [-0.15, -0.1) is 11.3 Å². The molecule has 2 rings (SSSR count). The fourth-order valence-corrected chi connectivity index (χ4v) is 2.78. The minimum absolute atomic E-state index is 0.528. The van der Waals surface area contributed by atoms with Crippen LogP contribution in [-0.4, -0.2) is 18.3 Å². The number of hydrogen-bond donors (Lipinski definition) is 2. The number of rotatable bonds is 7. The SMILES string of the molecule is CCOc1ccc(CNCC(C)(O)c2cccs2)cc1. The first-order valence-corrected chi connectivity index (χ1v) is 7.68. The third-order valence-electron chi connectivity index (χ3n) is 3.08. The zero-order valence-electron chi connectivity index (χ0n) is 11.9. The molecule has 1 unspecified atom stereocenters. The quantitative estimate of drug-likeness (QED) is 0.823. The lowest BCUT2D eigenvalue weighted by atomic mass is 10.1. The average Bonchev–Trinajstić information content (AvgIpc) is 2.96. The minimum Gasteiger partial charge on any atom is -0.494 e. The van der Waals surface area contributed by atoms with Crippen LogP contribution < -0.4 is 10.1 Å². The molecule has 0 spiro atoms. The molecule has 1 aromatic carbocycles. The fourth-order valence-electron chi connectivity index (χ4n) is 1.99. The highest BCUT2D eigenvalue weighted by Crippen LogP contribution is 2.24. The first kappa shape index (κ1) is 15.0. The van der Waals surface area contributed by atoms with Crippen molar-refractivity contribution in [1.82, 2.24) is 5.32 Å². The van der Waals surface area contributed by atoms with E-state index in [1.54, 1.807) is 11.3 Å². The van der Waals surface area contributed by atoms with Crippen molar-refractivity contribution in [1.29, 1.82) is 0 Å². The number of benzene rings is 1. The van der Waals surface area contributed by atoms with Gasteiger partial charge < -0.3 is 15.2 Å². The van der Waals surface area contributed by atoms with E-state index in [4.69, 9.17) is 4.74 Å². The largest absolute Gasteiger partial charge is 0.494 e. The van der Waals surface area contributed by atoms with Gasteiger partial charge in [-0.3, -0.25) is 0 Å². The highest BCUT2D eigenvalue weighted by atomic mass is 32.1. The van der Waals surface area contributed by atoms with Gasteiger partial charge in [0.05, 0.1) is 6.61 Å². The minimum atomic E-state index is -0.820. The third kappa shape index (κ3) is 4.07. The Hall–Kier alpha value is -1.36. The Balaban J connectivity index is 1.83. The maximum absolute atomic E-state index is 10.4. The van der Waals surface area contributed by atoms with Gasteiger partial charge in [0, 0.05) is 18.0 Å². The summed E-state index contributed by atoms with van der Waals surface area (Å²) in [6, 6.07) is 11.9. The molecule has 0 saturated heterocycles. The molecule has 20 heavy (non-hydrogen) atoms. The Bertz CT molecular complexity index is 506. The summed E-state index contributed by atoms with van der Waals surface area (Å²) in [6.07, 6.45) is 0. The van der Waals surface area contributed by atoms with Crippen LogP contribution in [0.2, 0.25) is 0 Å². The van der Waals surface area contributed by atoms with Crippen molar-refractivity contribution in [3.05, 3.63) is 52.2 Å². The van der Waals surface area contributed by atoms with E-state index in [9.17, 15) is 5.11 Å².